The zero-order chi connectivity index (χ0) is 18.0. The summed E-state index contributed by atoms with van der Waals surface area (Å²) in [5.74, 6) is -0.201. The minimum absolute atomic E-state index is 0.150. The molecule has 0 fully saturated rings. The number of amides is 1. The molecule has 0 aromatic heterocycles. The summed E-state index contributed by atoms with van der Waals surface area (Å²) in [7, 11) is 0. The van der Waals surface area contributed by atoms with E-state index in [0.717, 1.165) is 10.9 Å². The molecule has 0 saturated carbocycles. The maximum atomic E-state index is 12.3. The Labute approximate surface area is 155 Å². The predicted molar refractivity (Wildman–Crippen MR) is 105 cm³/mol. The number of hydrogen-bond acceptors (Lipinski definition) is 3. The number of aryl methyl sites for hydroxylation is 1. The summed E-state index contributed by atoms with van der Waals surface area (Å²) in [6.07, 6.45) is 0. The number of fused-ring (bicyclic) bond motifs is 1. The zero-order valence-electron chi connectivity index (χ0n) is 13.3. The average Bonchev–Trinajstić information content (AvgIpc) is 2.55. The number of halogens is 1. The number of rotatable bonds is 2. The van der Waals surface area contributed by atoms with E-state index in [1.54, 1.807) is 30.3 Å². The van der Waals surface area contributed by atoms with Gasteiger partial charge in [-0.3, -0.25) is 10.1 Å². The lowest BCUT2D eigenvalue weighted by molar-refractivity contribution is 0.0978. The van der Waals surface area contributed by atoms with Gasteiger partial charge in [0.15, 0.2) is 5.11 Å². The van der Waals surface area contributed by atoms with Crippen LogP contribution in [0.1, 0.15) is 15.9 Å². The number of thiocarbonyl (C=S) groups is 1. The summed E-state index contributed by atoms with van der Waals surface area (Å²) in [4.78, 5) is 12.3. The van der Waals surface area contributed by atoms with Gasteiger partial charge in [-0.05, 0) is 49.0 Å². The van der Waals surface area contributed by atoms with Crippen molar-refractivity contribution in [2.24, 2.45) is 0 Å². The first-order valence-electron chi connectivity index (χ1n) is 7.55. The third-order valence-corrected chi connectivity index (χ3v) is 4.26. The van der Waals surface area contributed by atoms with Gasteiger partial charge in [-0.15, -0.1) is 0 Å². The molecule has 0 aliphatic carbocycles. The van der Waals surface area contributed by atoms with Crippen LogP contribution in [0.25, 0.3) is 10.8 Å². The molecule has 3 aromatic rings. The Morgan fingerprint density at radius 2 is 1.80 bits per heavy atom. The van der Waals surface area contributed by atoms with Gasteiger partial charge in [0, 0.05) is 16.5 Å². The van der Waals surface area contributed by atoms with E-state index in [1.165, 1.54) is 0 Å². The maximum Gasteiger partial charge on any atom is 0.258 e. The molecule has 1 amide bonds. The molecule has 4 nitrogen and oxygen atoms in total. The fourth-order valence-electron chi connectivity index (χ4n) is 2.53. The summed E-state index contributed by atoms with van der Waals surface area (Å²) in [6.45, 7) is 1.90. The molecule has 3 rings (SSSR count). The fraction of sp³-hybridized carbons (Fsp3) is 0.0526. The van der Waals surface area contributed by atoms with Crippen molar-refractivity contribution in [2.45, 2.75) is 6.92 Å². The largest absolute Gasteiger partial charge is 0.507 e. The van der Waals surface area contributed by atoms with Crippen molar-refractivity contribution in [3.05, 3.63) is 70.7 Å². The van der Waals surface area contributed by atoms with Gasteiger partial charge in [0.2, 0.25) is 0 Å². The van der Waals surface area contributed by atoms with Crippen molar-refractivity contribution in [3.63, 3.8) is 0 Å². The van der Waals surface area contributed by atoms with E-state index >= 15 is 0 Å². The maximum absolute atomic E-state index is 12.3. The molecule has 3 N–H and O–H groups in total. The Morgan fingerprint density at radius 3 is 2.56 bits per heavy atom. The van der Waals surface area contributed by atoms with Crippen LogP contribution in [0.3, 0.4) is 0 Å². The van der Waals surface area contributed by atoms with Crippen LogP contribution in [0.15, 0.2) is 54.6 Å². The number of carbonyl (C=O) groups is 1. The van der Waals surface area contributed by atoms with Crippen LogP contribution < -0.4 is 10.6 Å². The van der Waals surface area contributed by atoms with Crippen LogP contribution in [-0.4, -0.2) is 16.1 Å². The molecule has 0 saturated heterocycles. The number of nitrogens with one attached hydrogen (secondary N) is 2. The Morgan fingerprint density at radius 1 is 1.08 bits per heavy atom. The smallest absolute Gasteiger partial charge is 0.258 e. The number of hydrogen-bond donors (Lipinski definition) is 3. The number of aromatic hydroxyl groups is 1. The molecule has 0 bridgehead atoms. The van der Waals surface area contributed by atoms with E-state index in [9.17, 15) is 9.90 Å². The van der Waals surface area contributed by atoms with Crippen molar-refractivity contribution in [2.75, 3.05) is 5.32 Å². The second-order valence-corrected chi connectivity index (χ2v) is 6.38. The van der Waals surface area contributed by atoms with Crippen molar-refractivity contribution >= 4 is 51.3 Å². The lowest BCUT2D eigenvalue weighted by atomic mass is 10.1. The van der Waals surface area contributed by atoms with Gasteiger partial charge >= 0.3 is 0 Å². The topological polar surface area (TPSA) is 61.4 Å². The molecule has 126 valence electrons. The number of benzene rings is 3. The summed E-state index contributed by atoms with van der Waals surface area (Å²) in [6, 6.07) is 15.8. The summed E-state index contributed by atoms with van der Waals surface area (Å²) >= 11 is 11.3. The molecule has 0 spiro atoms. The molecular formula is C19H15ClN2O2S. The third kappa shape index (κ3) is 3.73. The molecule has 3 aromatic carbocycles. The van der Waals surface area contributed by atoms with E-state index in [1.807, 2.05) is 31.2 Å². The van der Waals surface area contributed by atoms with Crippen LogP contribution >= 0.6 is 23.8 Å². The standard InChI is InChI=1S/C19H15ClN2O2S/c1-11-8-9-14(15(20)10-11)18(24)22-19(25)21-16-6-2-5-13-12(16)4-3-7-17(13)23/h2-10,23H,1H3,(H2,21,22,24,25). The van der Waals surface area contributed by atoms with Crippen molar-refractivity contribution < 1.29 is 9.90 Å². The normalized spacial score (nSPS) is 10.5. The molecule has 0 radical (unpaired) electrons. The highest BCUT2D eigenvalue weighted by molar-refractivity contribution is 7.80. The number of anilines is 1. The predicted octanol–water partition coefficient (Wildman–Crippen LogP) is 4.63. The summed E-state index contributed by atoms with van der Waals surface area (Å²) < 4.78 is 0. The van der Waals surface area contributed by atoms with E-state index in [2.05, 4.69) is 10.6 Å². The van der Waals surface area contributed by atoms with Crippen molar-refractivity contribution in [1.29, 1.82) is 0 Å². The van der Waals surface area contributed by atoms with Crippen LogP contribution in [0.4, 0.5) is 5.69 Å². The molecule has 0 atom stereocenters. The van der Waals surface area contributed by atoms with E-state index in [4.69, 9.17) is 23.8 Å². The number of carbonyl (C=O) groups excluding carboxylic acids is 1. The first-order chi connectivity index (χ1) is 12.0. The average molecular weight is 371 g/mol. The van der Waals surface area contributed by atoms with Crippen LogP contribution in [0, 0.1) is 6.92 Å². The molecule has 0 unspecified atom stereocenters. The Hall–Kier alpha value is -2.63. The number of phenolic OH excluding ortho intramolecular Hbond substituents is 1. The van der Waals surface area contributed by atoms with Crippen molar-refractivity contribution in [1.82, 2.24) is 5.32 Å². The van der Waals surface area contributed by atoms with Gasteiger partial charge in [-0.1, -0.05) is 41.9 Å². The Bertz CT molecular complexity index is 988. The first kappa shape index (κ1) is 17.2. The van der Waals surface area contributed by atoms with Gasteiger partial charge < -0.3 is 10.4 Å². The van der Waals surface area contributed by atoms with Crippen molar-refractivity contribution in [3.8, 4) is 5.75 Å². The summed E-state index contributed by atoms with van der Waals surface area (Å²) in [5.41, 5.74) is 2.01. The van der Waals surface area contributed by atoms with Gasteiger partial charge in [0.05, 0.1) is 10.6 Å². The van der Waals surface area contributed by atoms with E-state index in [0.29, 0.717) is 21.7 Å². The van der Waals surface area contributed by atoms with Gasteiger partial charge in [-0.25, -0.2) is 0 Å². The van der Waals surface area contributed by atoms with Gasteiger partial charge in [0.1, 0.15) is 5.75 Å². The Kier molecular flexibility index (Phi) is 4.88. The molecule has 0 aliphatic rings. The number of phenols is 1. The third-order valence-electron chi connectivity index (χ3n) is 3.74. The zero-order valence-corrected chi connectivity index (χ0v) is 14.9. The van der Waals surface area contributed by atoms with Crippen LogP contribution in [0.5, 0.6) is 5.75 Å². The minimum atomic E-state index is -0.384. The van der Waals surface area contributed by atoms with Crippen LogP contribution in [-0.2, 0) is 0 Å². The van der Waals surface area contributed by atoms with E-state index < -0.39 is 0 Å². The second-order valence-electron chi connectivity index (χ2n) is 5.57. The molecule has 0 aliphatic heterocycles. The highest BCUT2D eigenvalue weighted by Crippen LogP contribution is 2.29. The molecule has 25 heavy (non-hydrogen) atoms. The molecule has 0 heterocycles. The second kappa shape index (κ2) is 7.09. The molecule has 6 heteroatoms. The molecular weight excluding hydrogens is 356 g/mol. The van der Waals surface area contributed by atoms with Crippen LogP contribution in [0.2, 0.25) is 5.02 Å². The fourth-order valence-corrected chi connectivity index (χ4v) is 3.05. The summed E-state index contributed by atoms with van der Waals surface area (Å²) in [5, 5.41) is 17.6. The first-order valence-corrected chi connectivity index (χ1v) is 8.33. The SMILES string of the molecule is Cc1ccc(C(=O)NC(=S)Nc2cccc3c(O)cccc23)c(Cl)c1. The van der Waals surface area contributed by atoms with Gasteiger partial charge in [0.25, 0.3) is 5.91 Å². The highest BCUT2D eigenvalue weighted by atomic mass is 35.5. The van der Waals surface area contributed by atoms with Gasteiger partial charge in [-0.2, -0.15) is 0 Å². The monoisotopic (exact) mass is 370 g/mol. The lowest BCUT2D eigenvalue weighted by Crippen LogP contribution is -2.34. The minimum Gasteiger partial charge on any atom is -0.507 e. The highest BCUT2D eigenvalue weighted by Gasteiger charge is 2.13. The quantitative estimate of drug-likeness (QED) is 0.575. The van der Waals surface area contributed by atoms with E-state index in [-0.39, 0.29) is 16.8 Å². The lowest BCUT2D eigenvalue weighted by Gasteiger charge is -2.13. The Balaban J connectivity index is 1.79.